The van der Waals surface area contributed by atoms with Crippen LogP contribution in [0.1, 0.15) is 27.7 Å². The number of benzene rings is 1. The molecule has 0 bridgehead atoms. The van der Waals surface area contributed by atoms with Gasteiger partial charge < -0.3 is 0 Å². The van der Waals surface area contributed by atoms with E-state index in [-0.39, 0.29) is 16.2 Å². The molecule has 0 aliphatic carbocycles. The normalized spacial score (nSPS) is 14.4. The number of halogens is 2. The lowest BCUT2D eigenvalue weighted by Gasteiger charge is -2.27. The van der Waals surface area contributed by atoms with Crippen molar-refractivity contribution in [3.05, 3.63) is 27.7 Å². The molecule has 0 heterocycles. The van der Waals surface area contributed by atoms with Crippen molar-refractivity contribution in [2.24, 2.45) is 11.3 Å². The van der Waals surface area contributed by atoms with E-state index in [0.29, 0.717) is 16.0 Å². The van der Waals surface area contributed by atoms with Crippen LogP contribution in [-0.2, 0) is 10.0 Å². The van der Waals surface area contributed by atoms with Gasteiger partial charge >= 0.3 is 0 Å². The van der Waals surface area contributed by atoms with Gasteiger partial charge in [-0.15, -0.1) is 0 Å². The first-order valence-corrected chi connectivity index (χ1v) is 8.64. The summed E-state index contributed by atoms with van der Waals surface area (Å²) < 4.78 is 27.5. The first-order valence-electron chi connectivity index (χ1n) is 5.99. The maximum absolute atomic E-state index is 12.2. The second-order valence-corrected chi connectivity index (χ2v) is 8.72. The molecule has 0 aliphatic heterocycles. The van der Waals surface area contributed by atoms with Gasteiger partial charge in [0.25, 0.3) is 0 Å². The van der Waals surface area contributed by atoms with Crippen molar-refractivity contribution in [2.45, 2.75) is 32.6 Å². The minimum Gasteiger partial charge on any atom is -0.211 e. The fourth-order valence-corrected chi connectivity index (χ4v) is 3.07. The Morgan fingerprint density at radius 2 is 1.95 bits per heavy atom. The van der Waals surface area contributed by atoms with E-state index in [1.807, 2.05) is 6.92 Å². The molecule has 0 fully saturated rings. The molecular weight excluding hydrogens is 350 g/mol. The zero-order chi connectivity index (χ0) is 14.8. The Balaban J connectivity index is 2.85. The van der Waals surface area contributed by atoms with Crippen LogP contribution in [0.2, 0.25) is 5.02 Å². The summed E-state index contributed by atoms with van der Waals surface area (Å²) in [5.41, 5.74) is 0.0586. The predicted octanol–water partition coefficient (Wildman–Crippen LogP) is 4.06. The Hall–Kier alpha value is -0.100. The number of nitrogens with one attached hydrogen (secondary N) is 1. The molecule has 0 radical (unpaired) electrons. The molecule has 0 saturated heterocycles. The fourth-order valence-electron chi connectivity index (χ4n) is 1.27. The van der Waals surface area contributed by atoms with Gasteiger partial charge in [-0.05, 0) is 45.5 Å². The second kappa shape index (κ2) is 6.12. The molecule has 3 nitrogen and oxygen atoms in total. The van der Waals surface area contributed by atoms with Gasteiger partial charge in [-0.3, -0.25) is 0 Å². The van der Waals surface area contributed by atoms with Gasteiger partial charge in [0.15, 0.2) is 0 Å². The van der Waals surface area contributed by atoms with E-state index < -0.39 is 10.0 Å². The van der Waals surface area contributed by atoms with Crippen molar-refractivity contribution in [2.75, 3.05) is 6.54 Å². The molecule has 108 valence electrons. The lowest BCUT2D eigenvalue weighted by molar-refractivity contribution is 0.263. The lowest BCUT2D eigenvalue weighted by Crippen LogP contribution is -2.33. The summed E-state index contributed by atoms with van der Waals surface area (Å²) in [6.07, 6.45) is 0. The minimum atomic E-state index is -3.49. The van der Waals surface area contributed by atoms with Crippen molar-refractivity contribution in [1.29, 1.82) is 0 Å². The molecule has 1 atom stereocenters. The largest absolute Gasteiger partial charge is 0.240 e. The lowest BCUT2D eigenvalue weighted by atomic mass is 9.82. The van der Waals surface area contributed by atoms with Crippen molar-refractivity contribution in [3.63, 3.8) is 0 Å². The summed E-state index contributed by atoms with van der Waals surface area (Å²) in [7, 11) is -3.49. The van der Waals surface area contributed by atoms with Crippen LogP contribution in [0.5, 0.6) is 0 Å². The highest BCUT2D eigenvalue weighted by Gasteiger charge is 2.23. The summed E-state index contributed by atoms with van der Waals surface area (Å²) in [4.78, 5) is 0.213. The molecule has 0 aliphatic rings. The van der Waals surface area contributed by atoms with Crippen LogP contribution in [0.4, 0.5) is 0 Å². The maximum atomic E-state index is 12.2. The van der Waals surface area contributed by atoms with Crippen LogP contribution in [0, 0.1) is 11.3 Å². The van der Waals surface area contributed by atoms with E-state index in [1.165, 1.54) is 12.1 Å². The van der Waals surface area contributed by atoms with Crippen LogP contribution in [0.15, 0.2) is 27.6 Å². The third-order valence-corrected chi connectivity index (χ3v) is 5.89. The van der Waals surface area contributed by atoms with Gasteiger partial charge in [0.2, 0.25) is 10.0 Å². The molecule has 1 aromatic rings. The van der Waals surface area contributed by atoms with Crippen LogP contribution >= 0.6 is 27.5 Å². The first-order chi connectivity index (χ1) is 8.54. The van der Waals surface area contributed by atoms with Crippen molar-refractivity contribution in [1.82, 2.24) is 4.72 Å². The fraction of sp³-hybridized carbons (Fsp3) is 0.538. The topological polar surface area (TPSA) is 46.2 Å². The molecule has 1 rings (SSSR count). The van der Waals surface area contributed by atoms with Crippen LogP contribution < -0.4 is 4.72 Å². The monoisotopic (exact) mass is 367 g/mol. The van der Waals surface area contributed by atoms with Gasteiger partial charge in [-0.25, -0.2) is 13.1 Å². The standard InChI is InChI=1S/C13H19BrClNO2S/c1-9(13(2,3)4)8-16-19(17,18)10-5-6-12(15)11(14)7-10/h5-7,9,16H,8H2,1-4H3. The van der Waals surface area contributed by atoms with Crippen LogP contribution in [0.3, 0.4) is 0 Å². The van der Waals surface area contributed by atoms with E-state index in [4.69, 9.17) is 11.6 Å². The molecule has 1 aromatic carbocycles. The Morgan fingerprint density at radius 3 is 2.42 bits per heavy atom. The molecule has 0 aromatic heterocycles. The number of sulfonamides is 1. The predicted molar refractivity (Wildman–Crippen MR) is 83.0 cm³/mol. The number of hydrogen-bond acceptors (Lipinski definition) is 2. The zero-order valence-corrected chi connectivity index (χ0v) is 14.7. The average molecular weight is 369 g/mol. The zero-order valence-electron chi connectivity index (χ0n) is 11.5. The van der Waals surface area contributed by atoms with Crippen LogP contribution in [-0.4, -0.2) is 15.0 Å². The van der Waals surface area contributed by atoms with Gasteiger partial charge in [-0.1, -0.05) is 39.3 Å². The Morgan fingerprint density at radius 1 is 1.37 bits per heavy atom. The molecule has 0 saturated carbocycles. The molecule has 1 N–H and O–H groups in total. The maximum Gasteiger partial charge on any atom is 0.240 e. The molecule has 19 heavy (non-hydrogen) atoms. The summed E-state index contributed by atoms with van der Waals surface area (Å²) >= 11 is 9.08. The highest BCUT2D eigenvalue weighted by atomic mass is 79.9. The van der Waals surface area contributed by atoms with Crippen molar-refractivity contribution < 1.29 is 8.42 Å². The Labute approximate surface area is 128 Å². The summed E-state index contributed by atoms with van der Waals surface area (Å²) in [5, 5.41) is 0.488. The smallest absolute Gasteiger partial charge is 0.211 e. The van der Waals surface area contributed by atoms with Gasteiger partial charge in [0.1, 0.15) is 0 Å². The van der Waals surface area contributed by atoms with E-state index in [0.717, 1.165) is 0 Å². The summed E-state index contributed by atoms with van der Waals surface area (Å²) in [6, 6.07) is 4.57. The van der Waals surface area contributed by atoms with Crippen molar-refractivity contribution in [3.8, 4) is 0 Å². The van der Waals surface area contributed by atoms with E-state index >= 15 is 0 Å². The third-order valence-electron chi connectivity index (χ3n) is 3.26. The molecule has 0 amide bonds. The first kappa shape index (κ1) is 17.0. The SMILES string of the molecule is CC(CNS(=O)(=O)c1ccc(Cl)c(Br)c1)C(C)(C)C. The Kier molecular flexibility index (Phi) is 5.46. The van der Waals surface area contributed by atoms with Gasteiger partial charge in [0.05, 0.1) is 9.92 Å². The van der Waals surface area contributed by atoms with E-state index in [2.05, 4.69) is 41.4 Å². The Bertz CT molecular complexity index is 552. The third kappa shape index (κ3) is 4.74. The molecule has 0 spiro atoms. The van der Waals surface area contributed by atoms with Crippen molar-refractivity contribution >= 4 is 37.6 Å². The highest BCUT2D eigenvalue weighted by molar-refractivity contribution is 9.10. The van der Waals surface area contributed by atoms with Crippen LogP contribution in [0.25, 0.3) is 0 Å². The number of hydrogen-bond donors (Lipinski definition) is 1. The number of rotatable bonds is 4. The van der Waals surface area contributed by atoms with Gasteiger partial charge in [-0.2, -0.15) is 0 Å². The second-order valence-electron chi connectivity index (χ2n) is 5.69. The van der Waals surface area contributed by atoms with E-state index in [1.54, 1.807) is 6.07 Å². The average Bonchev–Trinajstić information content (AvgIpc) is 2.28. The summed E-state index contributed by atoms with van der Waals surface area (Å²) in [6.45, 7) is 8.70. The van der Waals surface area contributed by atoms with Gasteiger partial charge in [0, 0.05) is 11.0 Å². The molecule has 6 heteroatoms. The van der Waals surface area contributed by atoms with E-state index in [9.17, 15) is 8.42 Å². The minimum absolute atomic E-state index is 0.0586. The quantitative estimate of drug-likeness (QED) is 0.871. The summed E-state index contributed by atoms with van der Waals surface area (Å²) in [5.74, 6) is 0.234. The molecular formula is C13H19BrClNO2S. The highest BCUT2D eigenvalue weighted by Crippen LogP contribution is 2.27. The molecule has 1 unspecified atom stereocenters.